The van der Waals surface area contributed by atoms with Crippen LogP contribution >= 0.6 is 11.3 Å². The summed E-state index contributed by atoms with van der Waals surface area (Å²) < 4.78 is 0. The number of aryl methyl sites for hydroxylation is 2. The van der Waals surface area contributed by atoms with Gasteiger partial charge in [-0.25, -0.2) is 9.97 Å². The molecule has 1 saturated heterocycles. The first-order chi connectivity index (χ1) is 9.99. The van der Waals surface area contributed by atoms with Crippen LogP contribution in [0, 0.1) is 19.8 Å². The monoisotopic (exact) mass is 305 g/mol. The molecule has 4 N–H and O–H groups in total. The van der Waals surface area contributed by atoms with Crippen molar-refractivity contribution in [2.45, 2.75) is 39.8 Å². The molecule has 1 fully saturated rings. The predicted molar refractivity (Wildman–Crippen MR) is 88.3 cm³/mol. The second-order valence-electron chi connectivity index (χ2n) is 6.10. The molecule has 0 saturated carbocycles. The third-order valence-corrected chi connectivity index (χ3v) is 5.67. The highest BCUT2D eigenvalue weighted by Gasteiger charge is 2.28. The zero-order chi connectivity index (χ0) is 15.1. The summed E-state index contributed by atoms with van der Waals surface area (Å²) >= 11 is 1.70. The van der Waals surface area contributed by atoms with Gasteiger partial charge in [0.2, 0.25) is 0 Å². The van der Waals surface area contributed by atoms with Gasteiger partial charge in [-0.1, -0.05) is 0 Å². The number of nitrogens with zero attached hydrogens (tertiary/aromatic N) is 3. The number of thiophene rings is 1. The van der Waals surface area contributed by atoms with Gasteiger partial charge < -0.3 is 11.5 Å². The second kappa shape index (κ2) is 5.51. The minimum atomic E-state index is 0.533. The van der Waals surface area contributed by atoms with Crippen molar-refractivity contribution in [1.82, 2.24) is 14.9 Å². The highest BCUT2D eigenvalue weighted by molar-refractivity contribution is 7.18. The molecule has 0 aromatic carbocycles. The van der Waals surface area contributed by atoms with Gasteiger partial charge in [-0.15, -0.1) is 11.3 Å². The summed E-state index contributed by atoms with van der Waals surface area (Å²) in [5.74, 6) is 2.03. The summed E-state index contributed by atoms with van der Waals surface area (Å²) in [6, 6.07) is 0.533. The van der Waals surface area contributed by atoms with E-state index in [4.69, 9.17) is 16.5 Å². The molecule has 2 unspecified atom stereocenters. The number of aromatic nitrogens is 2. The highest BCUT2D eigenvalue weighted by Crippen LogP contribution is 2.32. The van der Waals surface area contributed by atoms with Crippen LogP contribution in [0.5, 0.6) is 0 Å². The lowest BCUT2D eigenvalue weighted by molar-refractivity contribution is 0.250. The molecule has 0 amide bonds. The van der Waals surface area contributed by atoms with E-state index in [9.17, 15) is 0 Å². The average molecular weight is 305 g/mol. The number of fused-ring (bicyclic) bond motifs is 1. The lowest BCUT2D eigenvalue weighted by Gasteiger charge is -2.20. The van der Waals surface area contributed by atoms with Crippen LogP contribution in [0.15, 0.2) is 0 Å². The molecule has 5 nitrogen and oxygen atoms in total. The zero-order valence-corrected chi connectivity index (χ0v) is 13.7. The maximum atomic E-state index is 6.15. The number of nitrogen functional groups attached to an aromatic ring is 1. The SMILES string of the molecule is Cc1sc2nc(CN3CC(CN)CC3C)nc(N)c2c1C. The van der Waals surface area contributed by atoms with Crippen molar-refractivity contribution < 1.29 is 0 Å². The fourth-order valence-corrected chi connectivity index (χ4v) is 4.24. The van der Waals surface area contributed by atoms with Crippen LogP contribution in [-0.2, 0) is 6.54 Å². The molecule has 3 heterocycles. The lowest BCUT2D eigenvalue weighted by atomic mass is 10.1. The first-order valence-corrected chi connectivity index (χ1v) is 8.27. The third-order valence-electron chi connectivity index (χ3n) is 4.57. The van der Waals surface area contributed by atoms with E-state index in [1.807, 2.05) is 0 Å². The van der Waals surface area contributed by atoms with Gasteiger partial charge in [0.15, 0.2) is 0 Å². The Morgan fingerprint density at radius 3 is 2.76 bits per heavy atom. The molecule has 2 aromatic heterocycles. The summed E-state index contributed by atoms with van der Waals surface area (Å²) in [6.45, 7) is 8.98. The van der Waals surface area contributed by atoms with Crippen molar-refractivity contribution in [3.8, 4) is 0 Å². The molecular formula is C15H23N5S. The number of anilines is 1. The van der Waals surface area contributed by atoms with E-state index in [0.29, 0.717) is 17.8 Å². The molecule has 0 radical (unpaired) electrons. The van der Waals surface area contributed by atoms with Gasteiger partial charge in [0, 0.05) is 17.5 Å². The number of likely N-dealkylation sites (tertiary alicyclic amines) is 1. The molecule has 114 valence electrons. The Kier molecular flexibility index (Phi) is 3.86. The second-order valence-corrected chi connectivity index (χ2v) is 7.31. The maximum Gasteiger partial charge on any atom is 0.146 e. The molecule has 2 aromatic rings. The van der Waals surface area contributed by atoms with Gasteiger partial charge in [-0.05, 0) is 45.2 Å². The molecule has 2 atom stereocenters. The van der Waals surface area contributed by atoms with E-state index in [2.05, 4.69) is 30.7 Å². The summed E-state index contributed by atoms with van der Waals surface area (Å²) in [6.07, 6.45) is 1.16. The Morgan fingerprint density at radius 2 is 2.10 bits per heavy atom. The first-order valence-electron chi connectivity index (χ1n) is 7.45. The van der Waals surface area contributed by atoms with Gasteiger partial charge in [-0.2, -0.15) is 0 Å². The van der Waals surface area contributed by atoms with Crippen molar-refractivity contribution >= 4 is 27.4 Å². The van der Waals surface area contributed by atoms with Crippen molar-refractivity contribution in [1.29, 1.82) is 0 Å². The minimum Gasteiger partial charge on any atom is -0.383 e. The molecule has 0 aliphatic carbocycles. The van der Waals surface area contributed by atoms with Crippen molar-refractivity contribution in [3.63, 3.8) is 0 Å². The number of nitrogens with two attached hydrogens (primary N) is 2. The summed E-state index contributed by atoms with van der Waals surface area (Å²) in [7, 11) is 0. The molecule has 6 heteroatoms. The van der Waals surface area contributed by atoms with Crippen LogP contribution in [0.1, 0.15) is 29.6 Å². The molecule has 1 aliphatic rings. The molecule has 3 rings (SSSR count). The first kappa shape index (κ1) is 14.7. The Hall–Kier alpha value is -1.24. The van der Waals surface area contributed by atoms with Crippen LogP contribution in [0.3, 0.4) is 0 Å². The van der Waals surface area contributed by atoms with Crippen LogP contribution in [-0.4, -0.2) is 34.0 Å². The Bertz CT molecular complexity index is 666. The fourth-order valence-electron chi connectivity index (χ4n) is 3.19. The number of rotatable bonds is 3. The summed E-state index contributed by atoms with van der Waals surface area (Å²) in [5.41, 5.74) is 13.1. The Morgan fingerprint density at radius 1 is 1.33 bits per heavy atom. The Balaban J connectivity index is 1.88. The van der Waals surface area contributed by atoms with Crippen LogP contribution < -0.4 is 11.5 Å². The molecule has 21 heavy (non-hydrogen) atoms. The van der Waals surface area contributed by atoms with Gasteiger partial charge in [-0.3, -0.25) is 4.90 Å². The molecular weight excluding hydrogens is 282 g/mol. The third kappa shape index (κ3) is 2.63. The fraction of sp³-hybridized carbons (Fsp3) is 0.600. The largest absolute Gasteiger partial charge is 0.383 e. The van der Waals surface area contributed by atoms with E-state index in [-0.39, 0.29) is 0 Å². The van der Waals surface area contributed by atoms with Crippen molar-refractivity contribution in [2.24, 2.45) is 11.7 Å². The van der Waals surface area contributed by atoms with Crippen LogP contribution in [0.4, 0.5) is 5.82 Å². The lowest BCUT2D eigenvalue weighted by Crippen LogP contribution is -2.28. The normalized spacial score (nSPS) is 23.2. The zero-order valence-electron chi connectivity index (χ0n) is 12.9. The quantitative estimate of drug-likeness (QED) is 0.907. The minimum absolute atomic E-state index is 0.533. The van der Waals surface area contributed by atoms with Gasteiger partial charge in [0.1, 0.15) is 16.5 Å². The molecule has 0 bridgehead atoms. The maximum absolute atomic E-state index is 6.15. The smallest absolute Gasteiger partial charge is 0.146 e. The van der Waals surface area contributed by atoms with Gasteiger partial charge in [0.05, 0.1) is 11.9 Å². The summed E-state index contributed by atoms with van der Waals surface area (Å²) in [4.78, 5) is 13.9. The standard InChI is InChI=1S/C15H23N5S/c1-8-4-11(5-16)6-20(8)7-12-18-14(17)13-9(2)10(3)21-15(13)19-12/h8,11H,4-7,16H2,1-3H3,(H2,17,18,19). The highest BCUT2D eigenvalue weighted by atomic mass is 32.1. The Labute approximate surface area is 129 Å². The van der Waals surface area contributed by atoms with E-state index >= 15 is 0 Å². The van der Waals surface area contributed by atoms with Crippen LogP contribution in [0.25, 0.3) is 10.2 Å². The molecule has 0 spiro atoms. The van der Waals surface area contributed by atoms with Crippen molar-refractivity contribution in [2.75, 3.05) is 18.8 Å². The van der Waals surface area contributed by atoms with Crippen LogP contribution in [0.2, 0.25) is 0 Å². The topological polar surface area (TPSA) is 81.1 Å². The number of hydrogen-bond acceptors (Lipinski definition) is 6. The predicted octanol–water partition coefficient (Wildman–Crippen LogP) is 2.06. The van der Waals surface area contributed by atoms with Gasteiger partial charge >= 0.3 is 0 Å². The van der Waals surface area contributed by atoms with E-state index in [0.717, 1.165) is 42.1 Å². The van der Waals surface area contributed by atoms with Gasteiger partial charge in [0.25, 0.3) is 0 Å². The average Bonchev–Trinajstić information content (AvgIpc) is 2.91. The number of hydrogen-bond donors (Lipinski definition) is 2. The van der Waals surface area contributed by atoms with E-state index in [1.54, 1.807) is 11.3 Å². The van der Waals surface area contributed by atoms with Crippen molar-refractivity contribution in [3.05, 3.63) is 16.3 Å². The molecule has 1 aliphatic heterocycles. The van der Waals surface area contributed by atoms with E-state index < -0.39 is 0 Å². The summed E-state index contributed by atoms with van der Waals surface area (Å²) in [5, 5.41) is 1.02. The van der Waals surface area contributed by atoms with E-state index in [1.165, 1.54) is 10.4 Å².